The van der Waals surface area contributed by atoms with E-state index in [9.17, 15) is 0 Å². The van der Waals surface area contributed by atoms with Crippen molar-refractivity contribution in [3.63, 3.8) is 0 Å². The van der Waals surface area contributed by atoms with Crippen molar-refractivity contribution in [2.45, 2.75) is 33.0 Å². The zero-order valence-electron chi connectivity index (χ0n) is 11.0. The van der Waals surface area contributed by atoms with Gasteiger partial charge >= 0.3 is 0 Å². The first-order valence-corrected chi connectivity index (χ1v) is 6.13. The standard InChI is InChI=1S/C13H20N4.ClH/c1-3-8-17-13(6-7-15-17)11-14-10-12-5-4-9-16(12)2;/h4-7,9,14H,3,8,10-11H2,1-2H3;1H. The highest BCUT2D eigenvalue weighted by Gasteiger charge is 2.01. The summed E-state index contributed by atoms with van der Waals surface area (Å²) in [7, 11) is 2.07. The fourth-order valence-electron chi connectivity index (χ4n) is 1.92. The van der Waals surface area contributed by atoms with Crippen molar-refractivity contribution in [3.05, 3.63) is 42.0 Å². The van der Waals surface area contributed by atoms with E-state index in [1.165, 1.54) is 11.4 Å². The Hall–Kier alpha value is -1.26. The number of aromatic nitrogens is 3. The minimum atomic E-state index is 0. The van der Waals surface area contributed by atoms with E-state index in [2.05, 4.69) is 58.0 Å². The molecule has 0 aliphatic carbocycles. The maximum Gasteiger partial charge on any atom is 0.0522 e. The topological polar surface area (TPSA) is 34.8 Å². The largest absolute Gasteiger partial charge is 0.353 e. The van der Waals surface area contributed by atoms with Crippen molar-refractivity contribution in [2.24, 2.45) is 7.05 Å². The smallest absolute Gasteiger partial charge is 0.0522 e. The van der Waals surface area contributed by atoms with Gasteiger partial charge < -0.3 is 9.88 Å². The maximum absolute atomic E-state index is 4.31. The molecule has 0 spiro atoms. The Kier molecular flexibility index (Phi) is 5.95. The summed E-state index contributed by atoms with van der Waals surface area (Å²) in [6.07, 6.45) is 5.06. The Bertz CT molecular complexity index is 461. The Morgan fingerprint density at radius 3 is 2.67 bits per heavy atom. The van der Waals surface area contributed by atoms with Crippen molar-refractivity contribution in [2.75, 3.05) is 0 Å². The SMILES string of the molecule is CCCn1nccc1CNCc1cccn1C.Cl. The van der Waals surface area contributed by atoms with Crippen LogP contribution in [0.25, 0.3) is 0 Å². The molecular weight excluding hydrogens is 248 g/mol. The van der Waals surface area contributed by atoms with Crippen molar-refractivity contribution in [1.29, 1.82) is 0 Å². The molecule has 100 valence electrons. The minimum Gasteiger partial charge on any atom is -0.353 e. The highest BCUT2D eigenvalue weighted by Crippen LogP contribution is 2.02. The van der Waals surface area contributed by atoms with E-state index in [1.807, 2.05) is 6.20 Å². The lowest BCUT2D eigenvalue weighted by atomic mass is 10.3. The van der Waals surface area contributed by atoms with Gasteiger partial charge in [0.15, 0.2) is 0 Å². The lowest BCUT2D eigenvalue weighted by Crippen LogP contribution is -2.17. The van der Waals surface area contributed by atoms with Gasteiger partial charge in [-0.15, -0.1) is 12.4 Å². The molecule has 0 bridgehead atoms. The second kappa shape index (κ2) is 7.24. The normalized spacial score (nSPS) is 10.3. The molecule has 0 saturated carbocycles. The Morgan fingerprint density at radius 2 is 2.00 bits per heavy atom. The molecule has 0 aromatic carbocycles. The van der Waals surface area contributed by atoms with Crippen LogP contribution in [0.4, 0.5) is 0 Å². The number of nitrogens with one attached hydrogen (secondary N) is 1. The van der Waals surface area contributed by atoms with Gasteiger partial charge in [-0.1, -0.05) is 6.92 Å². The summed E-state index contributed by atoms with van der Waals surface area (Å²) in [6, 6.07) is 6.28. The Morgan fingerprint density at radius 1 is 1.22 bits per heavy atom. The van der Waals surface area contributed by atoms with Crippen LogP contribution in [-0.2, 0) is 26.7 Å². The molecule has 0 unspecified atom stereocenters. The number of hydrogen-bond donors (Lipinski definition) is 1. The van der Waals surface area contributed by atoms with Crippen LogP contribution in [0.2, 0.25) is 0 Å². The average molecular weight is 269 g/mol. The van der Waals surface area contributed by atoms with Gasteiger partial charge in [0.1, 0.15) is 0 Å². The van der Waals surface area contributed by atoms with Crippen LogP contribution >= 0.6 is 12.4 Å². The van der Waals surface area contributed by atoms with Crippen LogP contribution in [0.3, 0.4) is 0 Å². The predicted octanol–water partition coefficient (Wildman–Crippen LogP) is 2.34. The quantitative estimate of drug-likeness (QED) is 0.873. The van der Waals surface area contributed by atoms with Crippen LogP contribution in [0.5, 0.6) is 0 Å². The van der Waals surface area contributed by atoms with E-state index >= 15 is 0 Å². The number of rotatable bonds is 6. The average Bonchev–Trinajstić information content (AvgIpc) is 2.90. The third-order valence-electron chi connectivity index (χ3n) is 2.90. The molecule has 2 aromatic rings. The van der Waals surface area contributed by atoms with Crippen molar-refractivity contribution in [3.8, 4) is 0 Å². The summed E-state index contributed by atoms with van der Waals surface area (Å²) >= 11 is 0. The monoisotopic (exact) mass is 268 g/mol. The zero-order valence-corrected chi connectivity index (χ0v) is 11.8. The molecule has 0 aliphatic heterocycles. The van der Waals surface area contributed by atoms with Crippen LogP contribution in [0, 0.1) is 0 Å². The van der Waals surface area contributed by atoms with Gasteiger partial charge in [-0.2, -0.15) is 5.10 Å². The van der Waals surface area contributed by atoms with E-state index in [1.54, 1.807) is 0 Å². The minimum absolute atomic E-state index is 0. The van der Waals surface area contributed by atoms with Gasteiger partial charge in [-0.05, 0) is 24.6 Å². The van der Waals surface area contributed by atoms with Crippen molar-refractivity contribution >= 4 is 12.4 Å². The fourth-order valence-corrected chi connectivity index (χ4v) is 1.92. The predicted molar refractivity (Wildman–Crippen MR) is 75.7 cm³/mol. The highest BCUT2D eigenvalue weighted by molar-refractivity contribution is 5.85. The number of nitrogens with zero attached hydrogens (tertiary/aromatic N) is 3. The summed E-state index contributed by atoms with van der Waals surface area (Å²) in [5.74, 6) is 0. The molecule has 0 fully saturated rings. The number of aryl methyl sites for hydroxylation is 2. The molecule has 0 amide bonds. The van der Waals surface area contributed by atoms with Gasteiger partial charge in [0.25, 0.3) is 0 Å². The summed E-state index contributed by atoms with van der Waals surface area (Å²) in [6.45, 7) is 4.92. The molecule has 1 N–H and O–H groups in total. The van der Waals surface area contributed by atoms with E-state index in [0.717, 1.165) is 26.1 Å². The van der Waals surface area contributed by atoms with Crippen LogP contribution in [0.15, 0.2) is 30.6 Å². The van der Waals surface area contributed by atoms with E-state index < -0.39 is 0 Å². The first-order valence-electron chi connectivity index (χ1n) is 6.13. The first kappa shape index (κ1) is 14.8. The van der Waals surface area contributed by atoms with Crippen molar-refractivity contribution in [1.82, 2.24) is 19.7 Å². The molecule has 0 radical (unpaired) electrons. The van der Waals surface area contributed by atoms with Gasteiger partial charge in [-0.3, -0.25) is 4.68 Å². The molecule has 0 saturated heterocycles. The van der Waals surface area contributed by atoms with Crippen molar-refractivity contribution < 1.29 is 0 Å². The Balaban J connectivity index is 0.00000162. The summed E-state index contributed by atoms with van der Waals surface area (Å²) in [5.41, 5.74) is 2.55. The molecule has 18 heavy (non-hydrogen) atoms. The number of hydrogen-bond acceptors (Lipinski definition) is 2. The first-order chi connectivity index (χ1) is 8.31. The third-order valence-corrected chi connectivity index (χ3v) is 2.90. The van der Waals surface area contributed by atoms with Gasteiger partial charge in [-0.25, -0.2) is 0 Å². The molecule has 2 rings (SSSR count). The molecule has 0 atom stereocenters. The van der Waals surface area contributed by atoms with E-state index in [0.29, 0.717) is 0 Å². The van der Waals surface area contributed by atoms with Gasteiger partial charge in [0.2, 0.25) is 0 Å². The fraction of sp³-hybridized carbons (Fsp3) is 0.462. The second-order valence-electron chi connectivity index (χ2n) is 4.26. The lowest BCUT2D eigenvalue weighted by molar-refractivity contribution is 0.545. The Labute approximate surface area is 114 Å². The highest BCUT2D eigenvalue weighted by atomic mass is 35.5. The molecule has 4 nitrogen and oxygen atoms in total. The van der Waals surface area contributed by atoms with Gasteiger partial charge in [0, 0.05) is 44.8 Å². The third kappa shape index (κ3) is 3.62. The zero-order chi connectivity index (χ0) is 12.1. The molecule has 0 aliphatic rings. The van der Waals surface area contributed by atoms with Crippen LogP contribution < -0.4 is 5.32 Å². The van der Waals surface area contributed by atoms with E-state index in [-0.39, 0.29) is 12.4 Å². The molecule has 5 heteroatoms. The van der Waals surface area contributed by atoms with E-state index in [4.69, 9.17) is 0 Å². The molecule has 2 heterocycles. The molecule has 2 aromatic heterocycles. The van der Waals surface area contributed by atoms with Crippen LogP contribution in [-0.4, -0.2) is 14.3 Å². The maximum atomic E-state index is 4.31. The summed E-state index contributed by atoms with van der Waals surface area (Å²) < 4.78 is 4.20. The molecular formula is C13H21ClN4. The second-order valence-corrected chi connectivity index (χ2v) is 4.26. The summed E-state index contributed by atoms with van der Waals surface area (Å²) in [5, 5.41) is 7.76. The van der Waals surface area contributed by atoms with Crippen LogP contribution in [0.1, 0.15) is 24.7 Å². The number of halogens is 1. The summed E-state index contributed by atoms with van der Waals surface area (Å²) in [4.78, 5) is 0. The van der Waals surface area contributed by atoms with Gasteiger partial charge in [0.05, 0.1) is 5.69 Å². The lowest BCUT2D eigenvalue weighted by Gasteiger charge is -2.08.